The van der Waals surface area contributed by atoms with Crippen molar-refractivity contribution in [2.75, 3.05) is 13.2 Å². The number of hydrogen-bond donors (Lipinski definition) is 0. The summed E-state index contributed by atoms with van der Waals surface area (Å²) in [5, 5.41) is 0. The van der Waals surface area contributed by atoms with Gasteiger partial charge in [0.05, 0.1) is 0 Å². The van der Waals surface area contributed by atoms with Gasteiger partial charge in [-0.2, -0.15) is 0 Å². The zero-order chi connectivity index (χ0) is 18.9. The smallest absolute Gasteiger partial charge is 0.233 e. The molecule has 0 atom stereocenters. The number of Topliss-reactive ketones (excluding diaryl/α,β-unsaturated/α-hetero) is 2. The fraction of sp³-hybridized carbons (Fsp3) is 0.364. The zero-order valence-corrected chi connectivity index (χ0v) is 15.8. The summed E-state index contributed by atoms with van der Waals surface area (Å²) >= 11 is 0. The van der Waals surface area contributed by atoms with Gasteiger partial charge in [0.2, 0.25) is 11.6 Å². The number of ketones is 2. The van der Waals surface area contributed by atoms with Crippen LogP contribution in [0.2, 0.25) is 0 Å². The molecule has 0 aromatic heterocycles. The SMILES string of the molecule is CC(C)(C)c1ccc(C(=O)C(=O)c2ccccc2)cc1.CCOCC. The molecule has 0 aliphatic rings. The molecule has 0 aliphatic heterocycles. The largest absolute Gasteiger partial charge is 0.382 e. The second kappa shape index (κ2) is 9.90. The summed E-state index contributed by atoms with van der Waals surface area (Å²) in [5.41, 5.74) is 2.04. The molecule has 0 saturated heterocycles. The molecule has 0 N–H and O–H groups in total. The lowest BCUT2D eigenvalue weighted by atomic mass is 9.86. The van der Waals surface area contributed by atoms with Crippen LogP contribution in [0.25, 0.3) is 0 Å². The molecule has 0 unspecified atom stereocenters. The van der Waals surface area contributed by atoms with Crippen LogP contribution in [0.3, 0.4) is 0 Å². The van der Waals surface area contributed by atoms with Gasteiger partial charge in [-0.1, -0.05) is 75.4 Å². The first-order valence-corrected chi connectivity index (χ1v) is 8.63. The number of carbonyl (C=O) groups is 2. The van der Waals surface area contributed by atoms with Gasteiger partial charge in [0.1, 0.15) is 0 Å². The monoisotopic (exact) mass is 340 g/mol. The summed E-state index contributed by atoms with van der Waals surface area (Å²) in [6.45, 7) is 12.0. The van der Waals surface area contributed by atoms with Crippen molar-refractivity contribution in [3.8, 4) is 0 Å². The van der Waals surface area contributed by atoms with Crippen molar-refractivity contribution in [3.63, 3.8) is 0 Å². The van der Waals surface area contributed by atoms with E-state index in [0.29, 0.717) is 11.1 Å². The molecular formula is C22H28O3. The minimum absolute atomic E-state index is 0.0328. The second-order valence-corrected chi connectivity index (χ2v) is 6.63. The number of hydrogen-bond acceptors (Lipinski definition) is 3. The Kier molecular flexibility index (Phi) is 8.23. The number of rotatable bonds is 5. The van der Waals surface area contributed by atoms with Gasteiger partial charge >= 0.3 is 0 Å². The van der Waals surface area contributed by atoms with Gasteiger partial charge in [0.25, 0.3) is 0 Å². The molecule has 25 heavy (non-hydrogen) atoms. The molecule has 134 valence electrons. The highest BCUT2D eigenvalue weighted by molar-refractivity contribution is 6.49. The zero-order valence-electron chi connectivity index (χ0n) is 15.8. The van der Waals surface area contributed by atoms with Crippen LogP contribution in [0.1, 0.15) is 60.9 Å². The molecule has 0 heterocycles. The van der Waals surface area contributed by atoms with E-state index >= 15 is 0 Å². The molecule has 0 bridgehead atoms. The Morgan fingerprint density at radius 1 is 0.760 bits per heavy atom. The third-order valence-electron chi connectivity index (χ3n) is 3.66. The first kappa shape index (κ1) is 20.8. The van der Waals surface area contributed by atoms with Crippen molar-refractivity contribution in [1.82, 2.24) is 0 Å². The van der Waals surface area contributed by atoms with Crippen LogP contribution in [0.5, 0.6) is 0 Å². The van der Waals surface area contributed by atoms with Crippen molar-refractivity contribution in [1.29, 1.82) is 0 Å². The summed E-state index contributed by atoms with van der Waals surface area (Å²) in [6.07, 6.45) is 0. The maximum atomic E-state index is 12.2. The van der Waals surface area contributed by atoms with E-state index in [1.807, 2.05) is 32.0 Å². The minimum Gasteiger partial charge on any atom is -0.382 e. The molecule has 0 radical (unpaired) electrons. The lowest BCUT2D eigenvalue weighted by Crippen LogP contribution is -2.15. The number of benzene rings is 2. The van der Waals surface area contributed by atoms with Crippen LogP contribution in [0.4, 0.5) is 0 Å². The molecular weight excluding hydrogens is 312 g/mol. The van der Waals surface area contributed by atoms with Crippen LogP contribution >= 0.6 is 0 Å². The summed E-state index contributed by atoms with van der Waals surface area (Å²) in [6, 6.07) is 15.9. The van der Waals surface area contributed by atoms with Crippen molar-refractivity contribution < 1.29 is 14.3 Å². The summed E-state index contributed by atoms with van der Waals surface area (Å²) in [5.74, 6) is -0.925. The van der Waals surface area contributed by atoms with Crippen molar-refractivity contribution in [2.24, 2.45) is 0 Å². The standard InChI is InChI=1S/C18H18O2.C4H10O/c1-18(2,3)15-11-9-14(10-12-15)17(20)16(19)13-7-5-4-6-8-13;1-3-5-4-2/h4-12H,1-3H3;3-4H2,1-2H3. The van der Waals surface area contributed by atoms with Gasteiger partial charge in [-0.05, 0) is 24.8 Å². The van der Waals surface area contributed by atoms with Gasteiger partial charge in [0.15, 0.2) is 0 Å². The predicted molar refractivity (Wildman–Crippen MR) is 102 cm³/mol. The Morgan fingerprint density at radius 3 is 1.56 bits per heavy atom. The van der Waals surface area contributed by atoms with E-state index in [-0.39, 0.29) is 5.41 Å². The molecule has 2 aromatic rings. The maximum absolute atomic E-state index is 12.2. The van der Waals surface area contributed by atoms with Crippen molar-refractivity contribution in [2.45, 2.75) is 40.0 Å². The molecule has 0 fully saturated rings. The van der Waals surface area contributed by atoms with Crippen LogP contribution in [-0.4, -0.2) is 24.8 Å². The third-order valence-corrected chi connectivity index (χ3v) is 3.66. The minimum atomic E-state index is -0.464. The number of ether oxygens (including phenoxy) is 1. The Hall–Kier alpha value is -2.26. The fourth-order valence-electron chi connectivity index (χ4n) is 2.18. The fourth-order valence-corrected chi connectivity index (χ4v) is 2.18. The Bertz CT molecular complexity index is 663. The summed E-state index contributed by atoms with van der Waals surface area (Å²) < 4.78 is 4.83. The highest BCUT2D eigenvalue weighted by Crippen LogP contribution is 2.22. The summed E-state index contributed by atoms with van der Waals surface area (Å²) in [4.78, 5) is 24.2. The van der Waals surface area contributed by atoms with Crippen molar-refractivity contribution >= 4 is 11.6 Å². The molecule has 0 spiro atoms. The van der Waals surface area contributed by atoms with Gasteiger partial charge in [0, 0.05) is 24.3 Å². The van der Waals surface area contributed by atoms with E-state index < -0.39 is 11.6 Å². The first-order chi connectivity index (χ1) is 11.8. The number of carbonyl (C=O) groups excluding carboxylic acids is 2. The third kappa shape index (κ3) is 6.63. The highest BCUT2D eigenvalue weighted by atomic mass is 16.5. The molecule has 3 nitrogen and oxygen atoms in total. The van der Waals surface area contributed by atoms with Crippen LogP contribution in [0.15, 0.2) is 54.6 Å². The van der Waals surface area contributed by atoms with E-state index in [0.717, 1.165) is 18.8 Å². The maximum Gasteiger partial charge on any atom is 0.233 e. The molecule has 0 saturated carbocycles. The molecule has 3 heteroatoms. The van der Waals surface area contributed by atoms with E-state index in [1.165, 1.54) is 0 Å². The van der Waals surface area contributed by atoms with Crippen molar-refractivity contribution in [3.05, 3.63) is 71.3 Å². The average Bonchev–Trinajstić information content (AvgIpc) is 2.62. The van der Waals surface area contributed by atoms with Crippen LogP contribution in [0, 0.1) is 0 Å². The van der Waals surface area contributed by atoms with Gasteiger partial charge in [-0.3, -0.25) is 9.59 Å². The Morgan fingerprint density at radius 2 is 1.20 bits per heavy atom. The van der Waals surface area contributed by atoms with Gasteiger partial charge < -0.3 is 4.74 Å². The second-order valence-electron chi connectivity index (χ2n) is 6.63. The Labute approximate surface area is 151 Å². The average molecular weight is 340 g/mol. The van der Waals surface area contributed by atoms with E-state index in [1.54, 1.807) is 36.4 Å². The van der Waals surface area contributed by atoms with Gasteiger partial charge in [-0.25, -0.2) is 0 Å². The molecule has 2 aromatic carbocycles. The topological polar surface area (TPSA) is 43.4 Å². The van der Waals surface area contributed by atoms with E-state index in [9.17, 15) is 9.59 Å². The van der Waals surface area contributed by atoms with E-state index in [2.05, 4.69) is 20.8 Å². The Balaban J connectivity index is 0.000000550. The van der Waals surface area contributed by atoms with Crippen LogP contribution in [-0.2, 0) is 10.2 Å². The van der Waals surface area contributed by atoms with E-state index in [4.69, 9.17) is 4.74 Å². The lowest BCUT2D eigenvalue weighted by molar-refractivity contribution is 0.0817. The van der Waals surface area contributed by atoms with Crippen LogP contribution < -0.4 is 0 Å². The quantitative estimate of drug-likeness (QED) is 0.562. The normalized spacial score (nSPS) is 10.6. The van der Waals surface area contributed by atoms with Gasteiger partial charge in [-0.15, -0.1) is 0 Å². The molecule has 2 rings (SSSR count). The molecule has 0 amide bonds. The first-order valence-electron chi connectivity index (χ1n) is 8.63. The highest BCUT2D eigenvalue weighted by Gasteiger charge is 2.19. The molecule has 0 aliphatic carbocycles. The lowest BCUT2D eigenvalue weighted by Gasteiger charge is -2.18. The summed E-state index contributed by atoms with van der Waals surface area (Å²) in [7, 11) is 0. The predicted octanol–water partition coefficient (Wildman–Crippen LogP) is 5.09.